The maximum Gasteiger partial charge on any atom is 0.331 e. The average molecular weight is 262 g/mol. The second kappa shape index (κ2) is 3.91. The smallest absolute Gasteiger partial charge is 0.331 e. The third kappa shape index (κ3) is 1.73. The molecule has 1 aliphatic heterocycles. The van der Waals surface area contributed by atoms with Crippen molar-refractivity contribution in [1.82, 2.24) is 19.8 Å². The highest BCUT2D eigenvalue weighted by Crippen LogP contribution is 2.49. The van der Waals surface area contributed by atoms with Gasteiger partial charge in [0, 0.05) is 18.9 Å². The average Bonchev–Trinajstić information content (AvgIpc) is 3.01. The topological polar surface area (TPSA) is 84.3 Å². The van der Waals surface area contributed by atoms with Crippen molar-refractivity contribution in [3.63, 3.8) is 0 Å². The molecule has 1 aromatic heterocycles. The molecule has 1 aromatic rings. The van der Waals surface area contributed by atoms with Crippen LogP contribution in [0.15, 0.2) is 18.7 Å². The zero-order chi connectivity index (χ0) is 13.6. The molecule has 3 rings (SSSR count). The van der Waals surface area contributed by atoms with Crippen molar-refractivity contribution in [2.45, 2.75) is 32.4 Å². The SMILES string of the molecule is CC(Cn1ccnc1)N1C(=O)NC(=O)C2(CC2)C1=O. The quantitative estimate of drug-likeness (QED) is 0.785. The number of imide groups is 2. The van der Waals surface area contributed by atoms with E-state index in [9.17, 15) is 14.4 Å². The molecule has 1 unspecified atom stereocenters. The maximum atomic E-state index is 12.3. The fourth-order valence-electron chi connectivity index (χ4n) is 2.44. The summed E-state index contributed by atoms with van der Waals surface area (Å²) in [7, 11) is 0. The highest BCUT2D eigenvalue weighted by atomic mass is 16.2. The van der Waals surface area contributed by atoms with Crippen LogP contribution in [0.25, 0.3) is 0 Å². The van der Waals surface area contributed by atoms with Crippen LogP contribution in [0.1, 0.15) is 19.8 Å². The molecule has 1 aliphatic carbocycles. The molecule has 1 N–H and O–H groups in total. The molecule has 19 heavy (non-hydrogen) atoms. The lowest BCUT2D eigenvalue weighted by Crippen LogP contribution is -2.62. The standard InChI is InChI=1S/C12H14N4O3/c1-8(6-15-5-4-13-7-15)16-10(18)12(2-3-12)9(17)14-11(16)19/h4-5,7-8H,2-3,6H2,1H3,(H,14,17,19). The van der Waals surface area contributed by atoms with Gasteiger partial charge >= 0.3 is 6.03 Å². The molecule has 1 saturated heterocycles. The summed E-state index contributed by atoms with van der Waals surface area (Å²) in [5, 5.41) is 2.28. The normalized spacial score (nSPS) is 22.6. The molecule has 4 amide bonds. The van der Waals surface area contributed by atoms with E-state index in [1.54, 1.807) is 30.2 Å². The summed E-state index contributed by atoms with van der Waals surface area (Å²) in [5.74, 6) is -0.817. The molecule has 0 aromatic carbocycles. The summed E-state index contributed by atoms with van der Waals surface area (Å²) in [6, 6.07) is -0.951. The summed E-state index contributed by atoms with van der Waals surface area (Å²) in [4.78, 5) is 40.9. The van der Waals surface area contributed by atoms with Gasteiger partial charge < -0.3 is 4.57 Å². The van der Waals surface area contributed by atoms with E-state index < -0.39 is 17.4 Å². The van der Waals surface area contributed by atoms with Crippen LogP contribution in [-0.2, 0) is 16.1 Å². The van der Waals surface area contributed by atoms with E-state index >= 15 is 0 Å². The van der Waals surface area contributed by atoms with Crippen LogP contribution < -0.4 is 5.32 Å². The first kappa shape index (κ1) is 11.9. The number of hydrogen-bond acceptors (Lipinski definition) is 4. The first-order valence-corrected chi connectivity index (χ1v) is 6.19. The van der Waals surface area contributed by atoms with Gasteiger partial charge in [0.05, 0.1) is 12.4 Å². The lowest BCUT2D eigenvalue weighted by molar-refractivity contribution is -0.146. The van der Waals surface area contributed by atoms with Gasteiger partial charge in [-0.3, -0.25) is 19.8 Å². The van der Waals surface area contributed by atoms with Crippen LogP contribution >= 0.6 is 0 Å². The molecule has 1 saturated carbocycles. The predicted molar refractivity (Wildman–Crippen MR) is 63.7 cm³/mol. The lowest BCUT2D eigenvalue weighted by Gasteiger charge is -2.34. The number of amides is 4. The lowest BCUT2D eigenvalue weighted by atomic mass is 10.0. The Hall–Kier alpha value is -2.18. The van der Waals surface area contributed by atoms with Crippen LogP contribution in [0.2, 0.25) is 0 Å². The molecule has 1 spiro atoms. The third-order valence-corrected chi connectivity index (χ3v) is 3.73. The molecule has 1 atom stereocenters. The van der Waals surface area contributed by atoms with Gasteiger partial charge in [-0.25, -0.2) is 9.78 Å². The summed E-state index contributed by atoms with van der Waals surface area (Å²) in [5.41, 5.74) is -0.975. The van der Waals surface area contributed by atoms with Crippen molar-refractivity contribution in [2.24, 2.45) is 5.41 Å². The van der Waals surface area contributed by atoms with Gasteiger partial charge in [0.1, 0.15) is 5.41 Å². The van der Waals surface area contributed by atoms with E-state index in [0.717, 1.165) is 4.90 Å². The maximum absolute atomic E-state index is 12.3. The molecule has 7 heteroatoms. The van der Waals surface area contributed by atoms with E-state index in [1.165, 1.54) is 0 Å². The number of barbiturate groups is 1. The first-order chi connectivity index (χ1) is 9.04. The monoisotopic (exact) mass is 262 g/mol. The van der Waals surface area contributed by atoms with Crippen molar-refractivity contribution in [2.75, 3.05) is 0 Å². The molecule has 2 fully saturated rings. The second-order valence-electron chi connectivity index (χ2n) is 5.13. The summed E-state index contributed by atoms with van der Waals surface area (Å²) < 4.78 is 1.79. The number of imidazole rings is 1. The highest BCUT2D eigenvalue weighted by molar-refractivity contribution is 6.21. The number of nitrogens with zero attached hydrogens (tertiary/aromatic N) is 3. The van der Waals surface area contributed by atoms with E-state index in [0.29, 0.717) is 19.4 Å². The van der Waals surface area contributed by atoms with Crippen molar-refractivity contribution < 1.29 is 14.4 Å². The second-order valence-corrected chi connectivity index (χ2v) is 5.13. The molecule has 7 nitrogen and oxygen atoms in total. The number of carbonyl (C=O) groups excluding carboxylic acids is 3. The predicted octanol–water partition coefficient (Wildman–Crippen LogP) is 0.130. The third-order valence-electron chi connectivity index (χ3n) is 3.73. The van der Waals surface area contributed by atoms with Crippen molar-refractivity contribution in [1.29, 1.82) is 0 Å². The number of rotatable bonds is 3. The van der Waals surface area contributed by atoms with Crippen molar-refractivity contribution >= 4 is 17.8 Å². The number of hydrogen-bond donors (Lipinski definition) is 1. The van der Waals surface area contributed by atoms with Gasteiger partial charge in [-0.1, -0.05) is 0 Å². The first-order valence-electron chi connectivity index (χ1n) is 6.19. The van der Waals surface area contributed by atoms with Crippen LogP contribution in [0, 0.1) is 5.41 Å². The van der Waals surface area contributed by atoms with E-state index in [2.05, 4.69) is 10.3 Å². The van der Waals surface area contributed by atoms with Crippen LogP contribution in [0.5, 0.6) is 0 Å². The Morgan fingerprint density at radius 2 is 2.16 bits per heavy atom. The molecule has 100 valence electrons. The Morgan fingerprint density at radius 1 is 1.42 bits per heavy atom. The van der Waals surface area contributed by atoms with E-state index in [4.69, 9.17) is 0 Å². The Kier molecular flexibility index (Phi) is 2.44. The highest BCUT2D eigenvalue weighted by Gasteiger charge is 2.62. The molecule has 0 radical (unpaired) electrons. The number of aromatic nitrogens is 2. The molecule has 0 bridgehead atoms. The number of nitrogens with one attached hydrogen (secondary N) is 1. The summed E-state index contributed by atoms with van der Waals surface area (Å²) in [6.45, 7) is 2.24. The Bertz CT molecular complexity index is 547. The minimum Gasteiger partial charge on any atom is -0.335 e. The molecule has 2 aliphatic rings. The van der Waals surface area contributed by atoms with E-state index in [-0.39, 0.29) is 11.9 Å². The fraction of sp³-hybridized carbons (Fsp3) is 0.500. The largest absolute Gasteiger partial charge is 0.335 e. The van der Waals surface area contributed by atoms with Gasteiger partial charge in [-0.2, -0.15) is 0 Å². The van der Waals surface area contributed by atoms with Crippen LogP contribution in [-0.4, -0.2) is 38.3 Å². The van der Waals surface area contributed by atoms with Crippen LogP contribution in [0.3, 0.4) is 0 Å². The Morgan fingerprint density at radius 3 is 2.74 bits per heavy atom. The molecular formula is C12H14N4O3. The zero-order valence-electron chi connectivity index (χ0n) is 10.5. The number of urea groups is 1. The Balaban J connectivity index is 1.81. The van der Waals surface area contributed by atoms with Gasteiger partial charge in [-0.15, -0.1) is 0 Å². The van der Waals surface area contributed by atoms with Crippen molar-refractivity contribution in [3.05, 3.63) is 18.7 Å². The molecular weight excluding hydrogens is 248 g/mol. The van der Waals surface area contributed by atoms with Crippen molar-refractivity contribution in [3.8, 4) is 0 Å². The summed E-state index contributed by atoms with van der Waals surface area (Å²) in [6.07, 6.45) is 6.08. The molecule has 2 heterocycles. The van der Waals surface area contributed by atoms with Crippen LogP contribution in [0.4, 0.5) is 4.79 Å². The number of carbonyl (C=O) groups is 3. The minimum absolute atomic E-state index is 0.327. The van der Waals surface area contributed by atoms with Gasteiger partial charge in [0.2, 0.25) is 11.8 Å². The van der Waals surface area contributed by atoms with Gasteiger partial charge in [0.25, 0.3) is 0 Å². The zero-order valence-corrected chi connectivity index (χ0v) is 10.5. The fourth-order valence-corrected chi connectivity index (χ4v) is 2.44. The van der Waals surface area contributed by atoms with Gasteiger partial charge in [0.15, 0.2) is 0 Å². The Labute approximate surface area is 109 Å². The van der Waals surface area contributed by atoms with Gasteiger partial charge in [-0.05, 0) is 19.8 Å². The minimum atomic E-state index is -0.975. The summed E-state index contributed by atoms with van der Waals surface area (Å²) >= 11 is 0. The van der Waals surface area contributed by atoms with E-state index in [1.807, 2.05) is 0 Å².